The van der Waals surface area contributed by atoms with Gasteiger partial charge >= 0.3 is 0 Å². The van der Waals surface area contributed by atoms with Gasteiger partial charge < -0.3 is 10.5 Å². The second-order valence-electron chi connectivity index (χ2n) is 4.71. The van der Waals surface area contributed by atoms with Crippen LogP contribution in [0.1, 0.15) is 29.3 Å². The molecule has 0 fully saturated rings. The van der Waals surface area contributed by atoms with Crippen LogP contribution < -0.4 is 15.9 Å². The summed E-state index contributed by atoms with van der Waals surface area (Å²) in [4.78, 5) is 11.9. The number of ether oxygens (including phenoxy) is 1. The van der Waals surface area contributed by atoms with Gasteiger partial charge in [-0.05, 0) is 36.2 Å². The zero-order valence-electron chi connectivity index (χ0n) is 12.5. The molecule has 22 heavy (non-hydrogen) atoms. The van der Waals surface area contributed by atoms with E-state index >= 15 is 0 Å². The Morgan fingerprint density at radius 1 is 1.27 bits per heavy atom. The Morgan fingerprint density at radius 2 is 2.09 bits per heavy atom. The molecule has 0 saturated carbocycles. The summed E-state index contributed by atoms with van der Waals surface area (Å²) in [7, 11) is 0. The number of nitrogens with two attached hydrogens (primary N) is 1. The molecule has 114 valence electrons. The van der Waals surface area contributed by atoms with Crippen molar-refractivity contribution < 1.29 is 9.53 Å². The summed E-state index contributed by atoms with van der Waals surface area (Å²) < 4.78 is 5.54. The van der Waals surface area contributed by atoms with Crippen molar-refractivity contribution in [2.45, 2.75) is 13.3 Å². The van der Waals surface area contributed by atoms with E-state index in [1.165, 1.54) is 0 Å². The number of hydrazone groups is 1. The van der Waals surface area contributed by atoms with Gasteiger partial charge in [0.2, 0.25) is 0 Å². The minimum Gasteiger partial charge on any atom is -0.494 e. The summed E-state index contributed by atoms with van der Waals surface area (Å²) >= 11 is 0. The van der Waals surface area contributed by atoms with Crippen LogP contribution in [-0.4, -0.2) is 18.7 Å². The van der Waals surface area contributed by atoms with E-state index in [4.69, 9.17) is 10.5 Å². The zero-order valence-corrected chi connectivity index (χ0v) is 12.5. The minimum absolute atomic E-state index is 0.340. The molecule has 0 unspecified atom stereocenters. The van der Waals surface area contributed by atoms with Crippen molar-refractivity contribution in [3.8, 4) is 5.75 Å². The molecular formula is C17H19N3O2. The van der Waals surface area contributed by atoms with Crippen LogP contribution in [-0.2, 0) is 0 Å². The molecule has 5 nitrogen and oxygen atoms in total. The Morgan fingerprint density at radius 3 is 2.86 bits per heavy atom. The Bertz CT molecular complexity index is 668. The van der Waals surface area contributed by atoms with Crippen molar-refractivity contribution in [1.82, 2.24) is 5.43 Å². The van der Waals surface area contributed by atoms with Gasteiger partial charge in [0.15, 0.2) is 0 Å². The van der Waals surface area contributed by atoms with Crippen LogP contribution >= 0.6 is 0 Å². The first-order chi connectivity index (χ1) is 10.7. The lowest BCUT2D eigenvalue weighted by atomic mass is 10.2. The number of anilines is 1. The number of nitrogen functional groups attached to an aromatic ring is 1. The first kappa shape index (κ1) is 15.6. The minimum atomic E-state index is -0.340. The second-order valence-corrected chi connectivity index (χ2v) is 4.71. The molecule has 0 aliphatic carbocycles. The van der Waals surface area contributed by atoms with Gasteiger partial charge in [-0.15, -0.1) is 0 Å². The molecule has 3 N–H and O–H groups in total. The monoisotopic (exact) mass is 297 g/mol. The number of rotatable bonds is 6. The first-order valence-electron chi connectivity index (χ1n) is 7.11. The number of nitrogens with one attached hydrogen (secondary N) is 1. The Labute approximate surface area is 129 Å². The van der Waals surface area contributed by atoms with Crippen LogP contribution in [0.2, 0.25) is 0 Å². The largest absolute Gasteiger partial charge is 0.494 e. The molecule has 2 aromatic carbocycles. The maximum atomic E-state index is 11.9. The van der Waals surface area contributed by atoms with Crippen molar-refractivity contribution in [3.05, 3.63) is 59.7 Å². The van der Waals surface area contributed by atoms with E-state index in [0.717, 1.165) is 17.7 Å². The highest BCUT2D eigenvalue weighted by Crippen LogP contribution is 2.12. The van der Waals surface area contributed by atoms with Crippen LogP contribution in [0.25, 0.3) is 0 Å². The Balaban J connectivity index is 1.98. The molecule has 0 bridgehead atoms. The SMILES string of the molecule is CCCOc1cccc(/C=N/NC(=O)c2ccccc2N)c1. The molecule has 2 rings (SSSR count). The topological polar surface area (TPSA) is 76.7 Å². The zero-order chi connectivity index (χ0) is 15.8. The fraction of sp³-hybridized carbons (Fsp3) is 0.176. The van der Waals surface area contributed by atoms with Gasteiger partial charge in [0, 0.05) is 5.69 Å². The summed E-state index contributed by atoms with van der Waals surface area (Å²) in [5.74, 6) is 0.442. The third kappa shape index (κ3) is 4.34. The molecular weight excluding hydrogens is 278 g/mol. The molecule has 0 aromatic heterocycles. The van der Waals surface area contributed by atoms with Gasteiger partial charge in [-0.3, -0.25) is 4.79 Å². The maximum absolute atomic E-state index is 11.9. The predicted octanol–water partition coefficient (Wildman–Crippen LogP) is 2.82. The average Bonchev–Trinajstić information content (AvgIpc) is 2.53. The lowest BCUT2D eigenvalue weighted by molar-refractivity contribution is 0.0956. The smallest absolute Gasteiger partial charge is 0.273 e. The number of benzene rings is 2. The molecule has 0 atom stereocenters. The van der Waals surface area contributed by atoms with Crippen LogP contribution in [0.5, 0.6) is 5.75 Å². The van der Waals surface area contributed by atoms with Gasteiger partial charge in [0.25, 0.3) is 5.91 Å². The highest BCUT2D eigenvalue weighted by molar-refractivity contribution is 5.99. The van der Waals surface area contributed by atoms with Crippen molar-refractivity contribution in [2.75, 3.05) is 12.3 Å². The van der Waals surface area contributed by atoms with Gasteiger partial charge in [0.05, 0.1) is 18.4 Å². The quantitative estimate of drug-likeness (QED) is 0.489. The van der Waals surface area contributed by atoms with E-state index in [1.54, 1.807) is 30.5 Å². The van der Waals surface area contributed by atoms with Gasteiger partial charge in [-0.2, -0.15) is 5.10 Å². The van der Waals surface area contributed by atoms with E-state index in [1.807, 2.05) is 24.3 Å². The Hall–Kier alpha value is -2.82. The first-order valence-corrected chi connectivity index (χ1v) is 7.11. The fourth-order valence-electron chi connectivity index (χ4n) is 1.83. The molecule has 0 spiro atoms. The number of amides is 1. The van der Waals surface area contributed by atoms with E-state index in [9.17, 15) is 4.79 Å². The van der Waals surface area contributed by atoms with Crippen molar-refractivity contribution in [1.29, 1.82) is 0 Å². The molecule has 0 saturated heterocycles. The number of hydrogen-bond donors (Lipinski definition) is 2. The third-order valence-corrected chi connectivity index (χ3v) is 2.92. The van der Waals surface area contributed by atoms with Crippen LogP contribution in [0, 0.1) is 0 Å². The second kappa shape index (κ2) is 7.83. The molecule has 0 heterocycles. The molecule has 1 amide bonds. The normalized spacial score (nSPS) is 10.6. The molecule has 2 aromatic rings. The lowest BCUT2D eigenvalue weighted by Crippen LogP contribution is -2.18. The predicted molar refractivity (Wildman–Crippen MR) is 88.1 cm³/mol. The number of hydrogen-bond acceptors (Lipinski definition) is 4. The standard InChI is InChI=1S/C17H19N3O2/c1-2-10-22-14-7-5-6-13(11-14)12-19-20-17(21)15-8-3-4-9-16(15)18/h3-9,11-12H,2,10,18H2,1H3,(H,20,21)/b19-12+. The van der Waals surface area contributed by atoms with Crippen molar-refractivity contribution in [2.24, 2.45) is 5.10 Å². The fourth-order valence-corrected chi connectivity index (χ4v) is 1.83. The summed E-state index contributed by atoms with van der Waals surface area (Å²) in [5, 5.41) is 3.94. The van der Waals surface area contributed by atoms with Crippen LogP contribution in [0.4, 0.5) is 5.69 Å². The molecule has 5 heteroatoms. The number of carbonyl (C=O) groups excluding carboxylic acids is 1. The van der Waals surface area contributed by atoms with E-state index in [-0.39, 0.29) is 5.91 Å². The maximum Gasteiger partial charge on any atom is 0.273 e. The molecule has 0 radical (unpaired) electrons. The van der Waals surface area contributed by atoms with E-state index in [2.05, 4.69) is 17.5 Å². The van der Waals surface area contributed by atoms with Crippen LogP contribution in [0.3, 0.4) is 0 Å². The summed E-state index contributed by atoms with van der Waals surface area (Å²) in [6, 6.07) is 14.4. The lowest BCUT2D eigenvalue weighted by Gasteiger charge is -2.05. The summed E-state index contributed by atoms with van der Waals surface area (Å²) in [6.45, 7) is 2.72. The van der Waals surface area contributed by atoms with Gasteiger partial charge in [0.1, 0.15) is 5.75 Å². The van der Waals surface area contributed by atoms with Crippen molar-refractivity contribution >= 4 is 17.8 Å². The van der Waals surface area contributed by atoms with Crippen molar-refractivity contribution in [3.63, 3.8) is 0 Å². The van der Waals surface area contributed by atoms with Crippen LogP contribution in [0.15, 0.2) is 53.6 Å². The highest BCUT2D eigenvalue weighted by atomic mass is 16.5. The molecule has 0 aliphatic heterocycles. The third-order valence-electron chi connectivity index (χ3n) is 2.92. The summed E-state index contributed by atoms with van der Waals surface area (Å²) in [5.41, 5.74) is 9.87. The summed E-state index contributed by atoms with van der Waals surface area (Å²) in [6.07, 6.45) is 2.52. The highest BCUT2D eigenvalue weighted by Gasteiger charge is 2.06. The van der Waals surface area contributed by atoms with E-state index in [0.29, 0.717) is 17.9 Å². The average molecular weight is 297 g/mol. The van der Waals surface area contributed by atoms with Gasteiger partial charge in [-0.25, -0.2) is 5.43 Å². The van der Waals surface area contributed by atoms with Gasteiger partial charge in [-0.1, -0.05) is 31.2 Å². The van der Waals surface area contributed by atoms with E-state index < -0.39 is 0 Å². The molecule has 0 aliphatic rings. The number of para-hydroxylation sites is 1. The Kier molecular flexibility index (Phi) is 5.54. The number of carbonyl (C=O) groups is 1. The number of nitrogens with zero attached hydrogens (tertiary/aromatic N) is 1.